The number of thioether (sulfide) groups is 1. The highest BCUT2D eigenvalue weighted by atomic mass is 32.2. The summed E-state index contributed by atoms with van der Waals surface area (Å²) in [6, 6.07) is 2.32. The van der Waals surface area contributed by atoms with Crippen molar-refractivity contribution in [3.63, 3.8) is 0 Å². The van der Waals surface area contributed by atoms with Gasteiger partial charge in [0, 0.05) is 0 Å². The van der Waals surface area contributed by atoms with Crippen LogP contribution in [0, 0.1) is 0 Å². The Hall–Kier alpha value is -2.68. The van der Waals surface area contributed by atoms with E-state index in [4.69, 9.17) is 18.9 Å². The number of benzene rings is 1. The van der Waals surface area contributed by atoms with Gasteiger partial charge in [0.15, 0.2) is 11.5 Å². The minimum absolute atomic E-state index is 0.167. The quantitative estimate of drug-likeness (QED) is 0.514. The smallest absolute Gasteiger partial charge is 0.329 e. The largest absolute Gasteiger partial charge is 0.493 e. The third kappa shape index (κ3) is 4.19. The van der Waals surface area contributed by atoms with E-state index in [0.29, 0.717) is 22.8 Å². The van der Waals surface area contributed by atoms with Gasteiger partial charge in [0.2, 0.25) is 5.75 Å². The van der Waals surface area contributed by atoms with E-state index >= 15 is 0 Å². The average molecular weight is 395 g/mol. The maximum Gasteiger partial charge on any atom is 0.329 e. The number of methoxy groups -OCH3 is 3. The van der Waals surface area contributed by atoms with E-state index < -0.39 is 23.2 Å². The molecule has 1 atom stereocenters. The summed E-state index contributed by atoms with van der Waals surface area (Å²) in [5, 5.41) is -0.528. The highest BCUT2D eigenvalue weighted by molar-refractivity contribution is 8.18. The van der Waals surface area contributed by atoms with Gasteiger partial charge in [0.1, 0.15) is 6.04 Å². The van der Waals surface area contributed by atoms with Crippen molar-refractivity contribution in [2.45, 2.75) is 19.9 Å². The first-order valence-corrected chi connectivity index (χ1v) is 8.93. The molecule has 27 heavy (non-hydrogen) atoms. The van der Waals surface area contributed by atoms with Crippen molar-refractivity contribution in [1.82, 2.24) is 4.90 Å². The highest BCUT2D eigenvalue weighted by Gasteiger charge is 2.41. The second kappa shape index (κ2) is 8.81. The number of carbonyl (C=O) groups excluding carboxylic acids is 3. The minimum Gasteiger partial charge on any atom is -0.493 e. The minimum atomic E-state index is -0.997. The monoisotopic (exact) mass is 395 g/mol. The third-order valence-electron chi connectivity index (χ3n) is 3.82. The summed E-state index contributed by atoms with van der Waals surface area (Å²) in [7, 11) is 4.45. The molecule has 0 bridgehead atoms. The number of carbonyl (C=O) groups is 3. The Bertz CT molecular complexity index is 765. The molecule has 8 nitrogen and oxygen atoms in total. The molecule has 1 aliphatic heterocycles. The van der Waals surface area contributed by atoms with Crippen LogP contribution < -0.4 is 14.2 Å². The molecule has 0 spiro atoms. The number of rotatable bonds is 7. The topological polar surface area (TPSA) is 91.4 Å². The van der Waals surface area contributed by atoms with Crippen LogP contribution in [0.1, 0.15) is 19.4 Å². The van der Waals surface area contributed by atoms with Crippen molar-refractivity contribution in [1.29, 1.82) is 0 Å². The summed E-state index contributed by atoms with van der Waals surface area (Å²) in [5.41, 5.74) is 0.582. The van der Waals surface area contributed by atoms with Crippen LogP contribution in [0.15, 0.2) is 17.0 Å². The number of hydrogen-bond donors (Lipinski definition) is 0. The van der Waals surface area contributed by atoms with Gasteiger partial charge in [0.25, 0.3) is 11.1 Å². The van der Waals surface area contributed by atoms with Crippen LogP contribution in [-0.4, -0.2) is 56.0 Å². The standard InChI is InChI=1S/C18H21NO7S/c1-6-26-17(21)10(2)19-16(20)14(27-18(19)22)9-11-7-12(23-3)15(25-5)13(8-11)24-4/h7-10H,6H2,1-5H3. The lowest BCUT2D eigenvalue weighted by Crippen LogP contribution is -2.42. The number of esters is 1. The van der Waals surface area contributed by atoms with Crippen molar-refractivity contribution < 1.29 is 33.3 Å². The molecule has 9 heteroatoms. The summed E-state index contributed by atoms with van der Waals surface area (Å²) in [6.07, 6.45) is 1.53. The molecule has 1 heterocycles. The predicted molar refractivity (Wildman–Crippen MR) is 100 cm³/mol. The van der Waals surface area contributed by atoms with Crippen LogP contribution in [0.2, 0.25) is 0 Å². The maximum absolute atomic E-state index is 12.6. The molecule has 0 radical (unpaired) electrons. The maximum atomic E-state index is 12.6. The number of ether oxygens (including phenoxy) is 4. The van der Waals surface area contributed by atoms with Crippen LogP contribution >= 0.6 is 11.8 Å². The Morgan fingerprint density at radius 3 is 2.22 bits per heavy atom. The summed E-state index contributed by atoms with van der Waals surface area (Å²) >= 11 is 0.755. The third-order valence-corrected chi connectivity index (χ3v) is 4.71. The predicted octanol–water partition coefficient (Wildman–Crippen LogP) is 2.70. The van der Waals surface area contributed by atoms with E-state index in [1.165, 1.54) is 34.3 Å². The molecular formula is C18H21NO7S. The zero-order chi connectivity index (χ0) is 20.1. The Balaban J connectivity index is 2.36. The molecular weight excluding hydrogens is 374 g/mol. The Labute approximate surface area is 161 Å². The number of nitrogens with zero attached hydrogens (tertiary/aromatic N) is 1. The molecule has 1 aliphatic rings. The summed E-state index contributed by atoms with van der Waals surface area (Å²) in [4.78, 5) is 37.8. The number of hydrogen-bond acceptors (Lipinski definition) is 8. The molecule has 0 saturated carbocycles. The number of imide groups is 1. The summed E-state index contributed by atoms with van der Waals surface area (Å²) in [6.45, 7) is 3.28. The molecule has 2 rings (SSSR count). The van der Waals surface area contributed by atoms with Gasteiger partial charge in [-0.1, -0.05) is 0 Å². The fourth-order valence-corrected chi connectivity index (χ4v) is 3.43. The van der Waals surface area contributed by atoms with Crippen LogP contribution in [0.4, 0.5) is 4.79 Å². The first-order chi connectivity index (χ1) is 12.9. The van der Waals surface area contributed by atoms with E-state index in [9.17, 15) is 14.4 Å². The van der Waals surface area contributed by atoms with Crippen LogP contribution in [0.25, 0.3) is 6.08 Å². The molecule has 2 amide bonds. The molecule has 1 fully saturated rings. The molecule has 0 aromatic heterocycles. The molecule has 1 unspecified atom stereocenters. The number of amides is 2. The molecule has 1 aromatic rings. The van der Waals surface area contributed by atoms with Crippen molar-refractivity contribution in [2.24, 2.45) is 0 Å². The van der Waals surface area contributed by atoms with E-state index in [-0.39, 0.29) is 11.5 Å². The summed E-state index contributed by atoms with van der Waals surface area (Å²) < 4.78 is 20.7. The van der Waals surface area contributed by atoms with Gasteiger partial charge < -0.3 is 18.9 Å². The van der Waals surface area contributed by atoms with Crippen molar-refractivity contribution in [2.75, 3.05) is 27.9 Å². The molecule has 146 valence electrons. The fraction of sp³-hybridized carbons (Fsp3) is 0.389. The van der Waals surface area contributed by atoms with Gasteiger partial charge in [-0.15, -0.1) is 0 Å². The molecule has 1 saturated heterocycles. The zero-order valence-corrected chi connectivity index (χ0v) is 16.5. The lowest BCUT2D eigenvalue weighted by Gasteiger charge is -2.19. The SMILES string of the molecule is CCOC(=O)C(C)N1C(=O)SC(=Cc2cc(OC)c(OC)c(OC)c2)C1=O. The average Bonchev–Trinajstić information content (AvgIpc) is 2.93. The van der Waals surface area contributed by atoms with Gasteiger partial charge in [-0.05, 0) is 49.4 Å². The van der Waals surface area contributed by atoms with Gasteiger partial charge >= 0.3 is 5.97 Å². The molecule has 0 aliphatic carbocycles. The van der Waals surface area contributed by atoms with Crippen molar-refractivity contribution >= 4 is 35.0 Å². The van der Waals surface area contributed by atoms with Crippen molar-refractivity contribution in [3.05, 3.63) is 22.6 Å². The zero-order valence-electron chi connectivity index (χ0n) is 15.7. The van der Waals surface area contributed by atoms with E-state index in [2.05, 4.69) is 0 Å². The molecule has 0 N–H and O–H groups in total. The van der Waals surface area contributed by atoms with E-state index in [1.807, 2.05) is 0 Å². The van der Waals surface area contributed by atoms with Gasteiger partial charge in [-0.2, -0.15) is 0 Å². The second-order valence-corrected chi connectivity index (χ2v) is 6.43. The van der Waals surface area contributed by atoms with Crippen LogP contribution in [-0.2, 0) is 14.3 Å². The normalized spacial score (nSPS) is 16.5. The van der Waals surface area contributed by atoms with E-state index in [1.54, 1.807) is 19.1 Å². The summed E-state index contributed by atoms with van der Waals surface area (Å²) in [5.74, 6) is 0.0683. The van der Waals surface area contributed by atoms with Crippen LogP contribution in [0.5, 0.6) is 17.2 Å². The Kier molecular flexibility index (Phi) is 6.73. The van der Waals surface area contributed by atoms with E-state index in [0.717, 1.165) is 16.7 Å². The van der Waals surface area contributed by atoms with Crippen molar-refractivity contribution in [3.8, 4) is 17.2 Å². The Morgan fingerprint density at radius 2 is 1.74 bits per heavy atom. The molecule has 1 aromatic carbocycles. The highest BCUT2D eigenvalue weighted by Crippen LogP contribution is 2.40. The Morgan fingerprint density at radius 1 is 1.15 bits per heavy atom. The van der Waals surface area contributed by atoms with Gasteiger partial charge in [0.05, 0.1) is 32.8 Å². The fourth-order valence-electron chi connectivity index (χ4n) is 2.52. The van der Waals surface area contributed by atoms with Gasteiger partial charge in [-0.3, -0.25) is 14.5 Å². The second-order valence-electron chi connectivity index (χ2n) is 5.44. The first kappa shape index (κ1) is 20.6. The lowest BCUT2D eigenvalue weighted by atomic mass is 10.1. The van der Waals surface area contributed by atoms with Gasteiger partial charge in [-0.25, -0.2) is 4.79 Å². The van der Waals surface area contributed by atoms with Crippen LogP contribution in [0.3, 0.4) is 0 Å². The first-order valence-electron chi connectivity index (χ1n) is 8.11. The lowest BCUT2D eigenvalue weighted by molar-refractivity contribution is -0.150.